The lowest BCUT2D eigenvalue weighted by Gasteiger charge is -2.09. The second-order valence-electron chi connectivity index (χ2n) is 7.01. The number of carbonyl (C=O) groups is 1. The highest BCUT2D eigenvalue weighted by atomic mass is 16.1. The van der Waals surface area contributed by atoms with Gasteiger partial charge in [-0.2, -0.15) is 0 Å². The van der Waals surface area contributed by atoms with Gasteiger partial charge >= 0.3 is 0 Å². The zero-order chi connectivity index (χ0) is 18.2. The van der Waals surface area contributed by atoms with Gasteiger partial charge in [-0.05, 0) is 63.7 Å². The van der Waals surface area contributed by atoms with E-state index in [1.165, 1.54) is 38.5 Å². The van der Waals surface area contributed by atoms with E-state index in [4.69, 9.17) is 5.73 Å². The quantitative estimate of drug-likeness (QED) is 0.277. The third-order valence-electron chi connectivity index (χ3n) is 4.66. The fourth-order valence-electron chi connectivity index (χ4n) is 2.95. The standard InChI is InChI=1S/C23H37NO/c1-2-3-4-5-6-7-8-9-10-11-12-13-14-15-16-17-18-22(23(24)25)21-19-20-21/h6-7,9-10,12-13,15-16,21-22H,2-5,8,11,14,17-20H2,1H3,(H2,24,25)/b7-6+,10-9+,13-12+,16-15+. The van der Waals surface area contributed by atoms with E-state index >= 15 is 0 Å². The molecule has 0 aliphatic heterocycles. The van der Waals surface area contributed by atoms with E-state index in [1.54, 1.807) is 0 Å². The van der Waals surface area contributed by atoms with Gasteiger partial charge in [0.1, 0.15) is 0 Å². The third kappa shape index (κ3) is 12.4. The predicted molar refractivity (Wildman–Crippen MR) is 109 cm³/mol. The first-order valence-electron chi connectivity index (χ1n) is 10.1. The minimum absolute atomic E-state index is 0.103. The van der Waals surface area contributed by atoms with E-state index in [2.05, 4.69) is 55.5 Å². The van der Waals surface area contributed by atoms with Gasteiger partial charge < -0.3 is 5.73 Å². The van der Waals surface area contributed by atoms with Gasteiger partial charge in [-0.15, -0.1) is 0 Å². The molecule has 1 rings (SSSR count). The Morgan fingerprint density at radius 1 is 0.880 bits per heavy atom. The fourth-order valence-corrected chi connectivity index (χ4v) is 2.95. The number of hydrogen-bond donors (Lipinski definition) is 1. The zero-order valence-corrected chi connectivity index (χ0v) is 16.0. The van der Waals surface area contributed by atoms with Crippen molar-refractivity contribution in [2.24, 2.45) is 17.6 Å². The summed E-state index contributed by atoms with van der Waals surface area (Å²) < 4.78 is 0. The van der Waals surface area contributed by atoms with Crippen molar-refractivity contribution in [3.8, 4) is 0 Å². The molecular weight excluding hydrogens is 306 g/mol. The fraction of sp³-hybridized carbons (Fsp3) is 0.609. The maximum absolute atomic E-state index is 11.3. The molecule has 1 unspecified atom stereocenters. The molecule has 25 heavy (non-hydrogen) atoms. The van der Waals surface area contributed by atoms with Crippen LogP contribution in [0.1, 0.15) is 77.6 Å². The van der Waals surface area contributed by atoms with Crippen LogP contribution in [-0.2, 0) is 4.79 Å². The molecule has 0 radical (unpaired) electrons. The molecule has 2 nitrogen and oxygen atoms in total. The minimum Gasteiger partial charge on any atom is -0.369 e. The highest BCUT2D eigenvalue weighted by Gasteiger charge is 2.33. The van der Waals surface area contributed by atoms with Crippen LogP contribution >= 0.6 is 0 Å². The van der Waals surface area contributed by atoms with Gasteiger partial charge in [0, 0.05) is 5.92 Å². The Morgan fingerprint density at radius 3 is 1.88 bits per heavy atom. The molecule has 1 aliphatic rings. The van der Waals surface area contributed by atoms with E-state index < -0.39 is 0 Å². The molecule has 1 atom stereocenters. The van der Waals surface area contributed by atoms with Crippen LogP contribution in [0.3, 0.4) is 0 Å². The van der Waals surface area contributed by atoms with Gasteiger partial charge in [0.2, 0.25) is 5.91 Å². The first-order valence-corrected chi connectivity index (χ1v) is 10.1. The highest BCUT2D eigenvalue weighted by Crippen LogP contribution is 2.38. The maximum Gasteiger partial charge on any atom is 0.220 e. The van der Waals surface area contributed by atoms with Gasteiger partial charge in [0.05, 0.1) is 0 Å². The first-order chi connectivity index (χ1) is 12.3. The third-order valence-corrected chi connectivity index (χ3v) is 4.66. The summed E-state index contributed by atoms with van der Waals surface area (Å²) in [6.07, 6.45) is 30.2. The van der Waals surface area contributed by atoms with Gasteiger partial charge in [0.15, 0.2) is 0 Å². The number of carbonyl (C=O) groups excluding carboxylic acids is 1. The van der Waals surface area contributed by atoms with Crippen molar-refractivity contribution < 1.29 is 4.79 Å². The van der Waals surface area contributed by atoms with Crippen LogP contribution in [-0.4, -0.2) is 5.91 Å². The van der Waals surface area contributed by atoms with Crippen molar-refractivity contribution in [1.29, 1.82) is 0 Å². The van der Waals surface area contributed by atoms with Gasteiger partial charge in [-0.3, -0.25) is 4.79 Å². The average Bonchev–Trinajstić information content (AvgIpc) is 3.42. The largest absolute Gasteiger partial charge is 0.369 e. The molecule has 140 valence electrons. The summed E-state index contributed by atoms with van der Waals surface area (Å²) in [6, 6.07) is 0. The maximum atomic E-state index is 11.3. The average molecular weight is 344 g/mol. The summed E-state index contributed by atoms with van der Waals surface area (Å²) in [5, 5.41) is 0. The number of primary amides is 1. The van der Waals surface area contributed by atoms with E-state index in [0.717, 1.165) is 32.1 Å². The molecule has 2 heteroatoms. The van der Waals surface area contributed by atoms with Crippen molar-refractivity contribution in [1.82, 2.24) is 0 Å². The van der Waals surface area contributed by atoms with Crippen molar-refractivity contribution in [3.05, 3.63) is 48.6 Å². The summed E-state index contributed by atoms with van der Waals surface area (Å²) in [5.41, 5.74) is 5.46. The van der Waals surface area contributed by atoms with E-state index in [-0.39, 0.29) is 11.8 Å². The molecule has 0 spiro atoms. The van der Waals surface area contributed by atoms with E-state index in [9.17, 15) is 4.79 Å². The highest BCUT2D eigenvalue weighted by molar-refractivity contribution is 5.77. The Labute approximate surface area is 155 Å². The van der Waals surface area contributed by atoms with Gasteiger partial charge in [-0.1, -0.05) is 68.4 Å². The molecule has 1 amide bonds. The molecule has 1 fully saturated rings. The summed E-state index contributed by atoms with van der Waals surface area (Å²) in [7, 11) is 0. The van der Waals surface area contributed by atoms with Crippen molar-refractivity contribution in [2.75, 3.05) is 0 Å². The second kappa shape index (κ2) is 14.7. The van der Waals surface area contributed by atoms with Crippen molar-refractivity contribution >= 4 is 5.91 Å². The minimum atomic E-state index is -0.113. The molecule has 0 aromatic heterocycles. The summed E-state index contributed by atoms with van der Waals surface area (Å²) in [6.45, 7) is 2.24. The van der Waals surface area contributed by atoms with Crippen LogP contribution in [0.15, 0.2) is 48.6 Å². The molecule has 1 saturated carbocycles. The summed E-state index contributed by atoms with van der Waals surface area (Å²) in [4.78, 5) is 11.3. The van der Waals surface area contributed by atoms with Crippen molar-refractivity contribution in [3.63, 3.8) is 0 Å². The molecule has 2 N–H and O–H groups in total. The number of nitrogens with two attached hydrogens (primary N) is 1. The number of amides is 1. The van der Waals surface area contributed by atoms with Crippen LogP contribution in [0.25, 0.3) is 0 Å². The van der Waals surface area contributed by atoms with Crippen LogP contribution in [0.4, 0.5) is 0 Å². The number of unbranched alkanes of at least 4 members (excludes halogenated alkanes) is 3. The Morgan fingerprint density at radius 2 is 1.40 bits per heavy atom. The smallest absolute Gasteiger partial charge is 0.220 e. The normalized spacial score (nSPS) is 16.7. The summed E-state index contributed by atoms with van der Waals surface area (Å²) >= 11 is 0. The van der Waals surface area contributed by atoms with Crippen LogP contribution in [0.5, 0.6) is 0 Å². The summed E-state index contributed by atoms with van der Waals surface area (Å²) in [5.74, 6) is 0.563. The van der Waals surface area contributed by atoms with E-state index in [1.807, 2.05) is 0 Å². The Bertz CT molecular complexity index is 455. The lowest BCUT2D eigenvalue weighted by atomic mass is 9.97. The molecule has 0 aromatic rings. The number of hydrogen-bond acceptors (Lipinski definition) is 1. The Hall–Kier alpha value is -1.57. The number of allylic oxidation sites excluding steroid dienone is 8. The van der Waals surface area contributed by atoms with E-state index in [0.29, 0.717) is 5.92 Å². The molecule has 0 saturated heterocycles. The molecule has 0 heterocycles. The monoisotopic (exact) mass is 343 g/mol. The SMILES string of the molecule is CCCCC/C=C/C/C=C/C/C=C/C/C=C/CCC(C(N)=O)C1CC1. The lowest BCUT2D eigenvalue weighted by molar-refractivity contribution is -0.122. The zero-order valence-electron chi connectivity index (χ0n) is 16.0. The predicted octanol–water partition coefficient (Wildman–Crippen LogP) is 6.25. The molecular formula is C23H37NO. The Kier molecular flexibility index (Phi) is 12.7. The van der Waals surface area contributed by atoms with Crippen molar-refractivity contribution in [2.45, 2.75) is 77.6 Å². The molecule has 0 aromatic carbocycles. The molecule has 0 bridgehead atoms. The second-order valence-corrected chi connectivity index (χ2v) is 7.01. The lowest BCUT2D eigenvalue weighted by Crippen LogP contribution is -2.24. The van der Waals surface area contributed by atoms with Gasteiger partial charge in [0.25, 0.3) is 0 Å². The van der Waals surface area contributed by atoms with Crippen LogP contribution in [0, 0.1) is 11.8 Å². The molecule has 1 aliphatic carbocycles. The topological polar surface area (TPSA) is 43.1 Å². The van der Waals surface area contributed by atoms with Crippen LogP contribution < -0.4 is 5.73 Å². The van der Waals surface area contributed by atoms with Crippen LogP contribution in [0.2, 0.25) is 0 Å². The van der Waals surface area contributed by atoms with Gasteiger partial charge in [-0.25, -0.2) is 0 Å². The number of rotatable bonds is 15. The Balaban J connectivity index is 1.96. The first kappa shape index (κ1) is 21.5.